The van der Waals surface area contributed by atoms with Gasteiger partial charge in [-0.1, -0.05) is 60.7 Å². The highest BCUT2D eigenvalue weighted by molar-refractivity contribution is 7.89. The molecule has 76 heavy (non-hydrogen) atoms. The molecule has 1 aliphatic heterocycles. The molecule has 0 unspecified atom stereocenters. The van der Waals surface area contributed by atoms with Crippen LogP contribution < -0.4 is 14.8 Å². The third-order valence-corrected chi connectivity index (χ3v) is 14.5. The average Bonchev–Trinajstić information content (AvgIpc) is 3.35. The van der Waals surface area contributed by atoms with Crippen LogP contribution in [0.1, 0.15) is 109 Å². The van der Waals surface area contributed by atoms with E-state index in [4.69, 9.17) is 27.7 Å². The van der Waals surface area contributed by atoms with Crippen LogP contribution in [0, 0.1) is 13.1 Å². The second-order valence-electron chi connectivity index (χ2n) is 18.6. The van der Waals surface area contributed by atoms with Crippen molar-refractivity contribution in [3.05, 3.63) is 164 Å². The Morgan fingerprint density at radius 3 is 1.22 bits per heavy atom. The van der Waals surface area contributed by atoms with E-state index in [1.807, 2.05) is 12.1 Å². The number of piperidine rings is 1. The van der Waals surface area contributed by atoms with Crippen molar-refractivity contribution in [2.45, 2.75) is 112 Å². The summed E-state index contributed by atoms with van der Waals surface area (Å²) in [6.07, 6.45) is -19.0. The summed E-state index contributed by atoms with van der Waals surface area (Å²) in [5.74, 6) is 0. The van der Waals surface area contributed by atoms with Crippen LogP contribution in [0.4, 0.5) is 52.7 Å². The number of halogens is 12. The van der Waals surface area contributed by atoms with Crippen molar-refractivity contribution in [1.29, 1.82) is 0 Å². The molecular weight excluding hydrogens is 1070 g/mol. The van der Waals surface area contributed by atoms with Gasteiger partial charge in [0.05, 0.1) is 72.3 Å². The van der Waals surface area contributed by atoms with Gasteiger partial charge in [0.1, 0.15) is 0 Å². The Bertz CT molecular complexity index is 2630. The Hall–Kier alpha value is -5.32. The maximum absolute atomic E-state index is 13.3. The molecule has 0 aromatic heterocycles. The first-order chi connectivity index (χ1) is 35.0. The third kappa shape index (κ3) is 16.8. The lowest BCUT2D eigenvalue weighted by molar-refractivity contribution is -0.145. The monoisotopic (exact) mass is 1130 g/mol. The summed E-state index contributed by atoms with van der Waals surface area (Å²) >= 11 is 0. The quantitative estimate of drug-likeness (QED) is 0.0720. The number of hydrogen-bond donors (Lipinski definition) is 4. The molecule has 4 aromatic rings. The second kappa shape index (κ2) is 24.1. The molecule has 1 heterocycles. The largest absolute Gasteiger partial charge is 0.416 e. The maximum Gasteiger partial charge on any atom is 0.416 e. The third-order valence-electron chi connectivity index (χ3n) is 13.0. The Morgan fingerprint density at radius 2 is 0.895 bits per heavy atom. The molecule has 2 aliphatic rings. The van der Waals surface area contributed by atoms with Crippen LogP contribution in [0.15, 0.2) is 97.1 Å². The predicted molar refractivity (Wildman–Crippen MR) is 256 cm³/mol. The van der Waals surface area contributed by atoms with Crippen LogP contribution in [0.3, 0.4) is 0 Å². The summed E-state index contributed by atoms with van der Waals surface area (Å²) in [7, 11) is -6.38. The van der Waals surface area contributed by atoms with Gasteiger partial charge >= 0.3 is 30.4 Å². The number of nitrogens with zero attached hydrogens (tertiary/aromatic N) is 2. The second-order valence-corrected chi connectivity index (χ2v) is 22.1. The van der Waals surface area contributed by atoms with Crippen LogP contribution in [-0.2, 0) is 65.2 Å². The predicted octanol–water partition coefficient (Wildman–Crippen LogP) is 11.3. The van der Waals surface area contributed by atoms with Crippen molar-refractivity contribution >= 4 is 20.0 Å². The van der Waals surface area contributed by atoms with Gasteiger partial charge in [-0.05, 0) is 91.8 Å². The fraction of sp³-hybridized carbons (Fsp3) is 0.480. The van der Waals surface area contributed by atoms with Crippen molar-refractivity contribution in [2.24, 2.45) is 0 Å². The molecule has 1 saturated heterocycles. The normalized spacial score (nSPS) is 23.3. The van der Waals surface area contributed by atoms with E-state index in [9.17, 15) is 69.5 Å². The SMILES string of the molecule is CO.[C-]#[N+]C1(NS(C)(=O)=O)CCC(CO[C@H](C)c2cc(C(F)(F)F)cc(C(F)(F)F)c2)(c2ccccc2)CC1.[C-]#[N+][C@@]1(NS(C)(=O)=O)CC[C@@](CO[C@H](C)c2cc(C(F)(F)F)cc(C(F)(F)F)c2)(c2ccccc2)NC1. The molecule has 0 bridgehead atoms. The van der Waals surface area contributed by atoms with Gasteiger partial charge in [-0.3, -0.25) is 15.0 Å². The summed E-state index contributed by atoms with van der Waals surface area (Å²) < 4.78 is 223. The topological polar surface area (TPSA) is 152 Å². The Kier molecular flexibility index (Phi) is 20.1. The average molecular weight is 1130 g/mol. The van der Waals surface area contributed by atoms with E-state index >= 15 is 0 Å². The number of rotatable bonds is 14. The number of ether oxygens (including phenoxy) is 2. The lowest BCUT2D eigenvalue weighted by atomic mass is 9.67. The van der Waals surface area contributed by atoms with E-state index in [2.05, 4.69) is 24.5 Å². The Morgan fingerprint density at radius 1 is 0.553 bits per heavy atom. The molecule has 418 valence electrons. The fourth-order valence-electron chi connectivity index (χ4n) is 8.88. The highest BCUT2D eigenvalue weighted by atomic mass is 32.2. The molecule has 4 aromatic carbocycles. The van der Waals surface area contributed by atoms with Crippen molar-refractivity contribution in [3.63, 3.8) is 0 Å². The zero-order chi connectivity index (χ0) is 57.4. The van der Waals surface area contributed by atoms with Crippen LogP contribution in [0.2, 0.25) is 0 Å². The maximum atomic E-state index is 13.3. The molecule has 12 nitrogen and oxygen atoms in total. The minimum absolute atomic E-state index is 0.0528. The number of alkyl halides is 12. The molecular formula is C50H55F12N5O7S2. The van der Waals surface area contributed by atoms with E-state index in [1.165, 1.54) is 13.8 Å². The van der Waals surface area contributed by atoms with Crippen LogP contribution in [0.25, 0.3) is 9.69 Å². The highest BCUT2D eigenvalue weighted by Gasteiger charge is 2.51. The summed E-state index contributed by atoms with van der Waals surface area (Å²) in [4.78, 5) is 7.01. The number of hydrogen-bond acceptors (Lipinski definition) is 8. The van der Waals surface area contributed by atoms with Gasteiger partial charge in [0.25, 0.3) is 5.66 Å². The molecule has 4 atom stereocenters. The number of aliphatic hydroxyl groups excluding tert-OH is 1. The minimum Gasteiger partial charge on any atom is -0.400 e. The van der Waals surface area contributed by atoms with Crippen LogP contribution in [-0.4, -0.2) is 72.6 Å². The van der Waals surface area contributed by atoms with Crippen molar-refractivity contribution < 1.29 is 84.1 Å². The van der Waals surface area contributed by atoms with Gasteiger partial charge in [0, 0.05) is 31.8 Å². The lowest BCUT2D eigenvalue weighted by Crippen LogP contribution is -2.62. The number of benzene rings is 4. The molecule has 0 spiro atoms. The van der Waals surface area contributed by atoms with Gasteiger partial charge < -0.3 is 14.6 Å². The molecule has 6 rings (SSSR count). The zero-order valence-electron chi connectivity index (χ0n) is 41.4. The molecule has 0 radical (unpaired) electrons. The van der Waals surface area contributed by atoms with E-state index < -0.39 is 101 Å². The molecule has 2 fully saturated rings. The van der Waals surface area contributed by atoms with Gasteiger partial charge in [-0.2, -0.15) is 52.7 Å². The van der Waals surface area contributed by atoms with E-state index in [0.29, 0.717) is 42.7 Å². The van der Waals surface area contributed by atoms with Crippen molar-refractivity contribution in [1.82, 2.24) is 14.8 Å². The first kappa shape index (κ1) is 63.2. The summed E-state index contributed by atoms with van der Waals surface area (Å²) in [6.45, 7) is 17.5. The first-order valence-electron chi connectivity index (χ1n) is 22.9. The fourth-order valence-corrected chi connectivity index (χ4v) is 10.7. The highest BCUT2D eigenvalue weighted by Crippen LogP contribution is 2.46. The molecule has 1 saturated carbocycles. The van der Waals surface area contributed by atoms with Crippen molar-refractivity contribution in [3.8, 4) is 0 Å². The van der Waals surface area contributed by atoms with Crippen LogP contribution >= 0.6 is 0 Å². The van der Waals surface area contributed by atoms with Gasteiger partial charge in [-0.25, -0.2) is 30.0 Å². The molecule has 1 aliphatic carbocycles. The van der Waals surface area contributed by atoms with Gasteiger partial charge in [0.2, 0.25) is 20.0 Å². The van der Waals surface area contributed by atoms with E-state index in [-0.39, 0.29) is 68.7 Å². The zero-order valence-corrected chi connectivity index (χ0v) is 43.0. The van der Waals surface area contributed by atoms with Crippen LogP contribution in [0.5, 0.6) is 0 Å². The van der Waals surface area contributed by atoms with E-state index in [1.54, 1.807) is 48.5 Å². The number of nitrogens with one attached hydrogen (secondary N) is 3. The number of sulfonamides is 2. The smallest absolute Gasteiger partial charge is 0.400 e. The standard InChI is InChI=1S/C25H26F6N2O3S.C24H25F6N3O3S.CH4O/c1-17(18-13-20(24(26,27)28)15-21(14-18)25(29,30)31)36-16-22(19-7-5-4-6-8-19)9-11-23(32-2,12-10-22)33-37(3,34)35;1-16(17-11-19(23(25,26)27)13-20(12-17)24(28,29)30)36-15-21(18-7-5-4-6-8-18)9-10-22(31-2,14-32-21)33-37(3,34)35;1-2/h4-8,13-15,17,33H,9-12,16H2,1,3H3;4-8,11-13,16,32-33H,9-10,14-15H2,1,3H3;2H,1H3/t17-,22?,23?;16-,21-,22-;/m11./s1. The Labute approximate surface area is 432 Å². The molecule has 26 heteroatoms. The summed E-state index contributed by atoms with van der Waals surface area (Å²) in [5.41, 5.74) is -9.22. The molecule has 4 N–H and O–H groups in total. The molecule has 0 amide bonds. The Balaban J connectivity index is 0.000000318. The summed E-state index contributed by atoms with van der Waals surface area (Å²) in [6, 6.07) is 20.5. The summed E-state index contributed by atoms with van der Waals surface area (Å²) in [5, 5.41) is 10.2. The van der Waals surface area contributed by atoms with E-state index in [0.717, 1.165) is 25.2 Å². The minimum atomic E-state index is -4.98. The van der Waals surface area contributed by atoms with Gasteiger partial charge in [-0.15, -0.1) is 9.44 Å². The first-order valence-corrected chi connectivity index (χ1v) is 26.6. The number of aliphatic hydroxyl groups is 1. The van der Waals surface area contributed by atoms with Gasteiger partial charge in [0.15, 0.2) is 0 Å². The van der Waals surface area contributed by atoms with Crippen molar-refractivity contribution in [2.75, 3.05) is 39.4 Å². The lowest BCUT2D eigenvalue weighted by Gasteiger charge is -2.42.